The molecule has 1 heterocycles. The first kappa shape index (κ1) is 15.9. The molecule has 8 heteroatoms. The first-order chi connectivity index (χ1) is 11.5. The third kappa shape index (κ3) is 2.93. The van der Waals surface area contributed by atoms with Crippen LogP contribution in [0.5, 0.6) is 5.75 Å². The third-order valence-electron chi connectivity index (χ3n) is 3.44. The average Bonchev–Trinajstić information content (AvgIpc) is 2.57. The van der Waals surface area contributed by atoms with Crippen molar-refractivity contribution in [2.45, 2.75) is 0 Å². The summed E-state index contributed by atoms with van der Waals surface area (Å²) in [5, 5.41) is 15.4. The van der Waals surface area contributed by atoms with Crippen LogP contribution in [0.15, 0.2) is 42.6 Å². The zero-order chi connectivity index (χ0) is 17.3. The van der Waals surface area contributed by atoms with Gasteiger partial charge in [0.05, 0.1) is 17.1 Å². The molecule has 3 aromatic rings. The molecule has 0 amide bonds. The molecule has 24 heavy (non-hydrogen) atoms. The molecule has 0 aliphatic heterocycles. The number of aromatic nitrogens is 1. The minimum atomic E-state index is -0.534. The van der Waals surface area contributed by atoms with E-state index in [2.05, 4.69) is 10.3 Å². The van der Waals surface area contributed by atoms with Gasteiger partial charge >= 0.3 is 5.69 Å². The number of halogens is 2. The Morgan fingerprint density at radius 2 is 2.08 bits per heavy atom. The lowest BCUT2D eigenvalue weighted by atomic mass is 10.1. The van der Waals surface area contributed by atoms with Gasteiger partial charge in [-0.2, -0.15) is 0 Å². The highest BCUT2D eigenvalue weighted by atomic mass is 35.5. The number of hydrogen-bond acceptors (Lipinski definition) is 5. The normalized spacial score (nSPS) is 10.6. The van der Waals surface area contributed by atoms with Crippen LogP contribution in [0.3, 0.4) is 0 Å². The van der Waals surface area contributed by atoms with Crippen molar-refractivity contribution in [3.05, 3.63) is 63.5 Å². The van der Waals surface area contributed by atoms with Crippen molar-refractivity contribution in [2.24, 2.45) is 0 Å². The highest BCUT2D eigenvalue weighted by Gasteiger charge is 2.18. The van der Waals surface area contributed by atoms with Crippen molar-refractivity contribution in [3.63, 3.8) is 0 Å². The monoisotopic (exact) mass is 347 g/mol. The van der Waals surface area contributed by atoms with E-state index in [0.717, 1.165) is 0 Å². The summed E-state index contributed by atoms with van der Waals surface area (Å²) in [5.74, 6) is 0.0175. The number of pyridine rings is 1. The Kier molecular flexibility index (Phi) is 4.18. The number of nitrogens with zero attached hydrogens (tertiary/aromatic N) is 2. The summed E-state index contributed by atoms with van der Waals surface area (Å²) in [6, 6.07) is 8.80. The van der Waals surface area contributed by atoms with Crippen molar-refractivity contribution in [1.29, 1.82) is 0 Å². The van der Waals surface area contributed by atoms with Gasteiger partial charge in [-0.25, -0.2) is 9.37 Å². The van der Waals surface area contributed by atoms with Gasteiger partial charge in [-0.3, -0.25) is 10.1 Å². The van der Waals surface area contributed by atoms with Crippen LogP contribution in [0.25, 0.3) is 10.8 Å². The van der Waals surface area contributed by atoms with Gasteiger partial charge < -0.3 is 10.1 Å². The molecule has 0 aliphatic carbocycles. The van der Waals surface area contributed by atoms with E-state index in [1.54, 1.807) is 18.3 Å². The standard InChI is InChI=1S/C16H11ClFN3O3/c1-24-15-6-9-4-5-19-16(11(9)8-14(15)21(22)23)20-10-2-3-13(18)12(17)7-10/h2-8H,1H3,(H,19,20). The van der Waals surface area contributed by atoms with Crippen LogP contribution in [0.4, 0.5) is 21.6 Å². The first-order valence-corrected chi connectivity index (χ1v) is 7.20. The van der Waals surface area contributed by atoms with Crippen LogP contribution in [-0.4, -0.2) is 17.0 Å². The molecule has 2 aromatic carbocycles. The Morgan fingerprint density at radius 1 is 1.29 bits per heavy atom. The van der Waals surface area contributed by atoms with Gasteiger partial charge in [-0.15, -0.1) is 0 Å². The summed E-state index contributed by atoms with van der Waals surface area (Å²) in [6.07, 6.45) is 1.56. The van der Waals surface area contributed by atoms with Crippen molar-refractivity contribution >= 4 is 39.6 Å². The van der Waals surface area contributed by atoms with Crippen molar-refractivity contribution < 1.29 is 14.1 Å². The predicted molar refractivity (Wildman–Crippen MR) is 89.6 cm³/mol. The minimum Gasteiger partial charge on any atom is -0.490 e. The van der Waals surface area contributed by atoms with Crippen LogP contribution >= 0.6 is 11.6 Å². The predicted octanol–water partition coefficient (Wildman–Crippen LogP) is 4.69. The fraction of sp³-hybridized carbons (Fsp3) is 0.0625. The second kappa shape index (κ2) is 6.29. The minimum absolute atomic E-state index is 0.0344. The number of ether oxygens (including phenoxy) is 1. The van der Waals surface area contributed by atoms with E-state index in [4.69, 9.17) is 16.3 Å². The maximum Gasteiger partial charge on any atom is 0.311 e. The molecule has 6 nitrogen and oxygen atoms in total. The zero-order valence-electron chi connectivity index (χ0n) is 12.4. The molecule has 0 saturated carbocycles. The number of rotatable bonds is 4. The topological polar surface area (TPSA) is 77.3 Å². The van der Waals surface area contributed by atoms with E-state index in [1.807, 2.05) is 0 Å². The highest BCUT2D eigenvalue weighted by Crippen LogP contribution is 2.35. The van der Waals surface area contributed by atoms with E-state index >= 15 is 0 Å². The maximum atomic E-state index is 13.3. The molecule has 0 radical (unpaired) electrons. The zero-order valence-corrected chi connectivity index (χ0v) is 13.2. The second-order valence-electron chi connectivity index (χ2n) is 4.92. The lowest BCUT2D eigenvalue weighted by Gasteiger charge is -2.10. The fourth-order valence-corrected chi connectivity index (χ4v) is 2.49. The van der Waals surface area contributed by atoms with Gasteiger partial charge in [0.15, 0.2) is 5.75 Å². The van der Waals surface area contributed by atoms with Crippen molar-refractivity contribution in [2.75, 3.05) is 12.4 Å². The molecule has 0 atom stereocenters. The molecule has 0 spiro atoms. The van der Waals surface area contributed by atoms with Crippen LogP contribution in [-0.2, 0) is 0 Å². The van der Waals surface area contributed by atoms with E-state index in [9.17, 15) is 14.5 Å². The van der Waals surface area contributed by atoms with Crippen LogP contribution < -0.4 is 10.1 Å². The summed E-state index contributed by atoms with van der Waals surface area (Å²) in [5.41, 5.74) is 0.345. The quantitative estimate of drug-likeness (QED) is 0.547. The smallest absolute Gasteiger partial charge is 0.311 e. The van der Waals surface area contributed by atoms with Crippen LogP contribution in [0.2, 0.25) is 5.02 Å². The molecular formula is C16H11ClFN3O3. The van der Waals surface area contributed by atoms with Crippen molar-refractivity contribution in [3.8, 4) is 5.75 Å². The SMILES string of the molecule is COc1cc2ccnc(Nc3ccc(F)c(Cl)c3)c2cc1[N+](=O)[O-]. The highest BCUT2D eigenvalue weighted by molar-refractivity contribution is 6.31. The summed E-state index contributed by atoms with van der Waals surface area (Å²) in [6.45, 7) is 0. The molecule has 0 unspecified atom stereocenters. The lowest BCUT2D eigenvalue weighted by molar-refractivity contribution is -0.385. The average molecular weight is 348 g/mol. The molecule has 0 fully saturated rings. The number of methoxy groups -OCH3 is 1. The largest absolute Gasteiger partial charge is 0.490 e. The molecule has 3 rings (SSSR count). The molecule has 0 bridgehead atoms. The number of fused-ring (bicyclic) bond motifs is 1. The molecule has 0 saturated heterocycles. The molecule has 1 aromatic heterocycles. The number of hydrogen-bond donors (Lipinski definition) is 1. The molecular weight excluding hydrogens is 337 g/mol. The van der Waals surface area contributed by atoms with Crippen LogP contribution in [0, 0.1) is 15.9 Å². The summed E-state index contributed by atoms with van der Waals surface area (Å²) in [7, 11) is 1.37. The Morgan fingerprint density at radius 3 is 2.75 bits per heavy atom. The fourth-order valence-electron chi connectivity index (χ4n) is 2.31. The Labute approximate surface area is 141 Å². The second-order valence-corrected chi connectivity index (χ2v) is 5.32. The van der Waals surface area contributed by atoms with Gasteiger partial charge in [-0.1, -0.05) is 11.6 Å². The van der Waals surface area contributed by atoms with Gasteiger partial charge in [0.2, 0.25) is 0 Å². The van der Waals surface area contributed by atoms with Gasteiger partial charge in [-0.05, 0) is 35.7 Å². The molecule has 0 aliphatic rings. The van der Waals surface area contributed by atoms with Gasteiger partial charge in [0, 0.05) is 23.3 Å². The summed E-state index contributed by atoms with van der Waals surface area (Å²) in [4.78, 5) is 14.9. The van der Waals surface area contributed by atoms with E-state index in [1.165, 1.54) is 31.4 Å². The Balaban J connectivity index is 2.12. The summed E-state index contributed by atoms with van der Waals surface area (Å²) < 4.78 is 18.3. The molecule has 1 N–H and O–H groups in total. The number of nitro groups is 1. The summed E-state index contributed by atoms with van der Waals surface area (Å²) >= 11 is 5.76. The number of anilines is 2. The van der Waals surface area contributed by atoms with E-state index in [-0.39, 0.29) is 16.5 Å². The van der Waals surface area contributed by atoms with Gasteiger partial charge in [0.1, 0.15) is 11.6 Å². The first-order valence-electron chi connectivity index (χ1n) is 6.83. The number of nitrogens with one attached hydrogen (secondary N) is 1. The lowest BCUT2D eigenvalue weighted by Crippen LogP contribution is -1.98. The van der Waals surface area contributed by atoms with Gasteiger partial charge in [0.25, 0.3) is 0 Å². The van der Waals surface area contributed by atoms with E-state index in [0.29, 0.717) is 22.3 Å². The molecule has 122 valence electrons. The number of nitro benzene ring substituents is 1. The van der Waals surface area contributed by atoms with Crippen molar-refractivity contribution in [1.82, 2.24) is 4.98 Å². The van der Waals surface area contributed by atoms with E-state index < -0.39 is 10.7 Å². The third-order valence-corrected chi connectivity index (χ3v) is 3.73. The number of benzene rings is 2. The Bertz CT molecular complexity index is 949. The Hall–Kier alpha value is -2.93. The van der Waals surface area contributed by atoms with Crippen LogP contribution in [0.1, 0.15) is 0 Å². The maximum absolute atomic E-state index is 13.3.